The molecule has 0 spiro atoms. The van der Waals surface area contributed by atoms with Crippen molar-refractivity contribution in [2.75, 3.05) is 5.32 Å². The first kappa shape index (κ1) is 20.3. The van der Waals surface area contributed by atoms with Gasteiger partial charge in [0.15, 0.2) is 5.82 Å². The van der Waals surface area contributed by atoms with Crippen molar-refractivity contribution in [3.8, 4) is 5.82 Å². The van der Waals surface area contributed by atoms with Crippen molar-refractivity contribution in [3.05, 3.63) is 81.3 Å². The van der Waals surface area contributed by atoms with Gasteiger partial charge in [0.1, 0.15) is 12.4 Å². The van der Waals surface area contributed by atoms with E-state index in [4.69, 9.17) is 0 Å². The van der Waals surface area contributed by atoms with E-state index in [-0.39, 0.29) is 5.41 Å². The maximum Gasteiger partial charge on any atom is 0.329 e. The van der Waals surface area contributed by atoms with Crippen LogP contribution in [-0.4, -0.2) is 30.2 Å². The smallest absolute Gasteiger partial charge is 0.309 e. The Morgan fingerprint density at radius 2 is 1.84 bits per heavy atom. The van der Waals surface area contributed by atoms with Crippen molar-refractivity contribution in [1.82, 2.24) is 24.3 Å². The van der Waals surface area contributed by atoms with Crippen LogP contribution in [-0.2, 0) is 16.8 Å². The van der Waals surface area contributed by atoms with Crippen LogP contribution in [0.4, 0.5) is 5.82 Å². The zero-order valence-corrected chi connectivity index (χ0v) is 17.4. The number of benzene rings is 1. The van der Waals surface area contributed by atoms with E-state index >= 15 is 0 Å². The number of amides is 1. The number of nitrogens with one attached hydrogen (secondary N) is 2. The van der Waals surface area contributed by atoms with Gasteiger partial charge in [-0.25, -0.2) is 9.78 Å². The summed E-state index contributed by atoms with van der Waals surface area (Å²) in [4.78, 5) is 44.8. The summed E-state index contributed by atoms with van der Waals surface area (Å²) in [5.74, 6) is 0.410. The molecule has 3 aromatic heterocycles. The normalized spacial score (nSPS) is 11.6. The second kappa shape index (κ2) is 7.67. The van der Waals surface area contributed by atoms with E-state index in [1.54, 1.807) is 48.7 Å². The molecule has 158 valence electrons. The maximum atomic E-state index is 12.8. The average molecular weight is 418 g/mol. The van der Waals surface area contributed by atoms with Gasteiger partial charge in [0.25, 0.3) is 5.56 Å². The highest BCUT2D eigenvalue weighted by Crippen LogP contribution is 2.25. The van der Waals surface area contributed by atoms with Crippen LogP contribution in [0.15, 0.2) is 64.3 Å². The first-order valence-electron chi connectivity index (χ1n) is 9.78. The number of aromatic nitrogens is 5. The Balaban J connectivity index is 1.68. The fourth-order valence-corrected chi connectivity index (χ4v) is 3.16. The maximum absolute atomic E-state index is 12.8. The van der Waals surface area contributed by atoms with Crippen LogP contribution in [0.25, 0.3) is 16.7 Å². The zero-order valence-electron chi connectivity index (χ0n) is 17.4. The SMILES string of the molecule is CC(C)(C)c1cc(NC(=O)Cn2c(=O)[nH]c3ccccc3c2=O)n(-c2ccccn2)n1. The quantitative estimate of drug-likeness (QED) is 0.527. The standard InChI is InChI=1S/C22H22N6O3/c1-22(2,3)16-12-18(28(26-16)17-10-6-7-11-23-17)25-19(29)13-27-20(30)14-8-4-5-9-15(14)24-21(27)31/h4-12H,13H2,1-3H3,(H,24,31)(H,25,29). The fraction of sp³-hybridized carbons (Fsp3) is 0.227. The minimum absolute atomic E-state index is 0.258. The molecule has 0 saturated carbocycles. The van der Waals surface area contributed by atoms with Gasteiger partial charge >= 0.3 is 5.69 Å². The molecular formula is C22H22N6O3. The van der Waals surface area contributed by atoms with Crippen LogP contribution in [0.3, 0.4) is 0 Å². The third kappa shape index (κ3) is 4.02. The summed E-state index contributed by atoms with van der Waals surface area (Å²) in [6.07, 6.45) is 1.63. The molecular weight excluding hydrogens is 396 g/mol. The van der Waals surface area contributed by atoms with Gasteiger partial charge in [-0.1, -0.05) is 39.0 Å². The average Bonchev–Trinajstić information content (AvgIpc) is 3.16. The lowest BCUT2D eigenvalue weighted by Crippen LogP contribution is -2.38. The first-order chi connectivity index (χ1) is 14.7. The summed E-state index contributed by atoms with van der Waals surface area (Å²) in [6.45, 7) is 5.60. The van der Waals surface area contributed by atoms with Crippen molar-refractivity contribution in [2.45, 2.75) is 32.7 Å². The molecule has 0 saturated heterocycles. The van der Waals surface area contributed by atoms with Gasteiger partial charge in [-0.05, 0) is 24.3 Å². The summed E-state index contributed by atoms with van der Waals surface area (Å²) >= 11 is 0. The molecule has 0 fully saturated rings. The summed E-state index contributed by atoms with van der Waals surface area (Å²) in [5, 5.41) is 7.69. The molecule has 0 unspecified atom stereocenters. The van der Waals surface area contributed by atoms with Gasteiger partial charge in [0.05, 0.1) is 16.6 Å². The highest BCUT2D eigenvalue weighted by Gasteiger charge is 2.22. The van der Waals surface area contributed by atoms with E-state index in [2.05, 4.69) is 20.4 Å². The predicted molar refractivity (Wildman–Crippen MR) is 118 cm³/mol. The zero-order chi connectivity index (χ0) is 22.2. The van der Waals surface area contributed by atoms with Crippen LogP contribution in [0.1, 0.15) is 26.5 Å². The Bertz CT molecular complexity index is 1380. The molecule has 0 radical (unpaired) electrons. The second-order valence-corrected chi connectivity index (χ2v) is 8.18. The predicted octanol–water partition coefficient (Wildman–Crippen LogP) is 2.21. The van der Waals surface area contributed by atoms with Crippen molar-refractivity contribution in [3.63, 3.8) is 0 Å². The number of para-hydroxylation sites is 1. The summed E-state index contributed by atoms with van der Waals surface area (Å²) < 4.78 is 2.41. The molecule has 0 atom stereocenters. The Morgan fingerprint density at radius 1 is 1.10 bits per heavy atom. The topological polar surface area (TPSA) is 115 Å². The number of nitrogens with zero attached hydrogens (tertiary/aromatic N) is 4. The highest BCUT2D eigenvalue weighted by molar-refractivity contribution is 5.90. The molecule has 31 heavy (non-hydrogen) atoms. The van der Waals surface area contributed by atoms with E-state index in [0.717, 1.165) is 10.3 Å². The van der Waals surface area contributed by atoms with Gasteiger partial charge in [-0.2, -0.15) is 9.78 Å². The van der Waals surface area contributed by atoms with Crippen molar-refractivity contribution in [2.24, 2.45) is 0 Å². The number of anilines is 1. The third-order valence-electron chi connectivity index (χ3n) is 4.80. The molecule has 9 nitrogen and oxygen atoms in total. The molecule has 1 amide bonds. The van der Waals surface area contributed by atoms with Crippen molar-refractivity contribution < 1.29 is 4.79 Å². The van der Waals surface area contributed by atoms with Crippen LogP contribution in [0.2, 0.25) is 0 Å². The Labute approximate surface area is 177 Å². The molecule has 0 aliphatic rings. The Morgan fingerprint density at radius 3 is 2.55 bits per heavy atom. The molecule has 4 rings (SSSR count). The Hall–Kier alpha value is -4.01. The number of hydrogen-bond donors (Lipinski definition) is 2. The number of fused-ring (bicyclic) bond motifs is 1. The van der Waals surface area contributed by atoms with E-state index in [1.165, 1.54) is 4.68 Å². The van der Waals surface area contributed by atoms with Crippen LogP contribution in [0, 0.1) is 0 Å². The van der Waals surface area contributed by atoms with E-state index in [9.17, 15) is 14.4 Å². The lowest BCUT2D eigenvalue weighted by atomic mass is 9.92. The largest absolute Gasteiger partial charge is 0.329 e. The van der Waals surface area contributed by atoms with Crippen LogP contribution < -0.4 is 16.6 Å². The van der Waals surface area contributed by atoms with Crippen LogP contribution >= 0.6 is 0 Å². The van der Waals surface area contributed by atoms with Crippen molar-refractivity contribution >= 4 is 22.6 Å². The first-order valence-corrected chi connectivity index (χ1v) is 9.78. The fourth-order valence-electron chi connectivity index (χ4n) is 3.16. The lowest BCUT2D eigenvalue weighted by Gasteiger charge is -2.13. The van der Waals surface area contributed by atoms with E-state index in [0.29, 0.717) is 22.5 Å². The van der Waals surface area contributed by atoms with Gasteiger partial charge in [0, 0.05) is 17.7 Å². The third-order valence-corrected chi connectivity index (χ3v) is 4.80. The number of pyridine rings is 1. The minimum Gasteiger partial charge on any atom is -0.309 e. The number of aromatic amines is 1. The number of carbonyl (C=O) groups excluding carboxylic acids is 1. The van der Waals surface area contributed by atoms with Gasteiger partial charge in [-0.3, -0.25) is 14.2 Å². The van der Waals surface area contributed by atoms with Crippen LogP contribution in [0.5, 0.6) is 0 Å². The van der Waals surface area contributed by atoms with Gasteiger partial charge < -0.3 is 10.3 Å². The van der Waals surface area contributed by atoms with Crippen molar-refractivity contribution in [1.29, 1.82) is 0 Å². The van der Waals surface area contributed by atoms with E-state index < -0.39 is 23.7 Å². The summed E-state index contributed by atoms with van der Waals surface area (Å²) in [6, 6.07) is 13.8. The summed E-state index contributed by atoms with van der Waals surface area (Å²) in [7, 11) is 0. The Kier molecular flexibility index (Phi) is 5.02. The number of H-pyrrole nitrogens is 1. The van der Waals surface area contributed by atoms with E-state index in [1.807, 2.05) is 26.8 Å². The number of rotatable bonds is 4. The van der Waals surface area contributed by atoms with Gasteiger partial charge in [-0.15, -0.1) is 0 Å². The lowest BCUT2D eigenvalue weighted by molar-refractivity contribution is -0.116. The molecule has 3 heterocycles. The summed E-state index contributed by atoms with van der Waals surface area (Å²) in [5.41, 5.74) is -0.242. The highest BCUT2D eigenvalue weighted by atomic mass is 16.2. The number of carbonyl (C=O) groups is 1. The molecule has 1 aromatic carbocycles. The monoisotopic (exact) mass is 418 g/mol. The second-order valence-electron chi connectivity index (χ2n) is 8.18. The molecule has 0 bridgehead atoms. The molecule has 9 heteroatoms. The molecule has 0 aliphatic carbocycles. The number of hydrogen-bond acceptors (Lipinski definition) is 5. The molecule has 2 N–H and O–H groups in total. The molecule has 4 aromatic rings. The van der Waals surface area contributed by atoms with Gasteiger partial charge in [0.2, 0.25) is 5.91 Å². The minimum atomic E-state index is -0.646. The molecule has 0 aliphatic heterocycles.